The van der Waals surface area contributed by atoms with Crippen LogP contribution in [-0.2, 0) is 4.79 Å². The normalized spacial score (nSPS) is 13.9. The van der Waals surface area contributed by atoms with Gasteiger partial charge in [-0.3, -0.25) is 4.79 Å². The summed E-state index contributed by atoms with van der Waals surface area (Å²) in [5, 5.41) is 7.36. The summed E-state index contributed by atoms with van der Waals surface area (Å²) in [4.78, 5) is 17.3. The third kappa shape index (κ3) is 1.95. The number of benzene rings is 1. The van der Waals surface area contributed by atoms with E-state index >= 15 is 0 Å². The quantitative estimate of drug-likeness (QED) is 0.798. The Bertz CT molecular complexity index is 658. The lowest BCUT2D eigenvalue weighted by Crippen LogP contribution is -2.35. The standard InChI is InChI=1S/C12H11N5O2/c1-17-9-4-7(8-5-14-16-12(13)15-8)2-3-10(9)19-6-11(17)18/h2-5H,6H2,1H3,(H2,13,15,16). The molecular formula is C12H11N5O2. The number of fused-ring (bicyclic) bond motifs is 1. The van der Waals surface area contributed by atoms with Gasteiger partial charge < -0.3 is 15.4 Å². The molecule has 96 valence electrons. The summed E-state index contributed by atoms with van der Waals surface area (Å²) in [5.41, 5.74) is 7.60. The lowest BCUT2D eigenvalue weighted by atomic mass is 10.1. The molecule has 19 heavy (non-hydrogen) atoms. The number of nitrogens with zero attached hydrogens (tertiary/aromatic N) is 4. The molecule has 2 N–H and O–H groups in total. The number of anilines is 2. The minimum Gasteiger partial charge on any atom is -0.482 e. The van der Waals surface area contributed by atoms with Gasteiger partial charge in [0.2, 0.25) is 5.95 Å². The van der Waals surface area contributed by atoms with Crippen molar-refractivity contribution < 1.29 is 9.53 Å². The maximum Gasteiger partial charge on any atom is 0.264 e. The molecule has 1 aromatic carbocycles. The Morgan fingerprint density at radius 3 is 3.05 bits per heavy atom. The Labute approximate surface area is 109 Å². The first kappa shape index (κ1) is 11.4. The number of hydrogen-bond donors (Lipinski definition) is 1. The van der Waals surface area contributed by atoms with E-state index in [0.29, 0.717) is 17.1 Å². The fraction of sp³-hybridized carbons (Fsp3) is 0.167. The first-order chi connectivity index (χ1) is 9.15. The van der Waals surface area contributed by atoms with Crippen molar-refractivity contribution in [2.45, 2.75) is 0 Å². The second-order valence-electron chi connectivity index (χ2n) is 4.12. The fourth-order valence-corrected chi connectivity index (χ4v) is 1.89. The number of carbonyl (C=O) groups is 1. The van der Waals surface area contributed by atoms with Crippen molar-refractivity contribution in [3.63, 3.8) is 0 Å². The highest BCUT2D eigenvalue weighted by Crippen LogP contribution is 2.34. The first-order valence-corrected chi connectivity index (χ1v) is 5.64. The minimum atomic E-state index is -0.0926. The highest BCUT2D eigenvalue weighted by Gasteiger charge is 2.22. The second kappa shape index (κ2) is 4.20. The SMILES string of the molecule is CN1C(=O)COc2ccc(-c3cnnc(N)n3)cc21. The maximum atomic E-state index is 11.6. The average Bonchev–Trinajstić information content (AvgIpc) is 2.43. The van der Waals surface area contributed by atoms with Crippen molar-refractivity contribution in [1.82, 2.24) is 15.2 Å². The monoisotopic (exact) mass is 257 g/mol. The van der Waals surface area contributed by atoms with Crippen LogP contribution in [0.5, 0.6) is 5.75 Å². The lowest BCUT2D eigenvalue weighted by molar-refractivity contribution is -0.120. The molecule has 0 bridgehead atoms. The highest BCUT2D eigenvalue weighted by atomic mass is 16.5. The number of amides is 1. The van der Waals surface area contributed by atoms with Gasteiger partial charge >= 0.3 is 0 Å². The topological polar surface area (TPSA) is 94.2 Å². The van der Waals surface area contributed by atoms with E-state index in [2.05, 4.69) is 15.2 Å². The van der Waals surface area contributed by atoms with Crippen LogP contribution in [0.3, 0.4) is 0 Å². The van der Waals surface area contributed by atoms with Crippen LogP contribution in [0.25, 0.3) is 11.3 Å². The molecule has 0 fully saturated rings. The van der Waals surface area contributed by atoms with Crippen LogP contribution in [0.15, 0.2) is 24.4 Å². The number of likely N-dealkylation sites (N-methyl/N-ethyl adjacent to an activating group) is 1. The fourth-order valence-electron chi connectivity index (χ4n) is 1.89. The summed E-state index contributed by atoms with van der Waals surface area (Å²) < 4.78 is 5.36. The van der Waals surface area contributed by atoms with Crippen molar-refractivity contribution in [2.24, 2.45) is 0 Å². The number of rotatable bonds is 1. The van der Waals surface area contributed by atoms with E-state index in [1.807, 2.05) is 12.1 Å². The average molecular weight is 257 g/mol. The first-order valence-electron chi connectivity index (χ1n) is 5.64. The van der Waals surface area contributed by atoms with Crippen molar-refractivity contribution in [2.75, 3.05) is 24.3 Å². The van der Waals surface area contributed by atoms with Crippen LogP contribution in [0.1, 0.15) is 0 Å². The molecule has 0 unspecified atom stereocenters. The summed E-state index contributed by atoms with van der Waals surface area (Å²) in [5.74, 6) is 0.682. The van der Waals surface area contributed by atoms with Crippen LogP contribution in [0.2, 0.25) is 0 Å². The van der Waals surface area contributed by atoms with Gasteiger partial charge in [-0.15, -0.1) is 5.10 Å². The van der Waals surface area contributed by atoms with Gasteiger partial charge in [0.15, 0.2) is 6.61 Å². The molecule has 0 spiro atoms. The van der Waals surface area contributed by atoms with Gasteiger partial charge in [0.1, 0.15) is 5.75 Å². The number of nitrogen functional groups attached to an aromatic ring is 1. The van der Waals surface area contributed by atoms with Gasteiger partial charge in [-0.05, 0) is 18.2 Å². The van der Waals surface area contributed by atoms with Crippen LogP contribution in [0, 0.1) is 0 Å². The molecule has 1 aromatic heterocycles. The molecule has 0 saturated heterocycles. The van der Waals surface area contributed by atoms with Crippen LogP contribution in [-0.4, -0.2) is 34.7 Å². The molecule has 7 heteroatoms. The summed E-state index contributed by atoms with van der Waals surface area (Å²) >= 11 is 0. The third-order valence-electron chi connectivity index (χ3n) is 2.92. The van der Waals surface area contributed by atoms with Gasteiger partial charge in [0.25, 0.3) is 5.91 Å². The van der Waals surface area contributed by atoms with Gasteiger partial charge in [-0.1, -0.05) is 0 Å². The number of nitrogens with two attached hydrogens (primary N) is 1. The van der Waals surface area contributed by atoms with E-state index in [-0.39, 0.29) is 18.5 Å². The minimum absolute atomic E-state index is 0.0604. The zero-order chi connectivity index (χ0) is 13.4. The molecule has 2 heterocycles. The van der Waals surface area contributed by atoms with Crippen molar-refractivity contribution >= 4 is 17.5 Å². The predicted molar refractivity (Wildman–Crippen MR) is 68.6 cm³/mol. The van der Waals surface area contributed by atoms with Crippen LogP contribution < -0.4 is 15.4 Å². The van der Waals surface area contributed by atoms with Crippen molar-refractivity contribution in [1.29, 1.82) is 0 Å². The zero-order valence-corrected chi connectivity index (χ0v) is 10.2. The summed E-state index contributed by atoms with van der Waals surface area (Å²) in [6, 6.07) is 5.45. The van der Waals surface area contributed by atoms with E-state index < -0.39 is 0 Å². The zero-order valence-electron chi connectivity index (χ0n) is 10.2. The van der Waals surface area contributed by atoms with Gasteiger partial charge in [0.05, 0.1) is 17.6 Å². The predicted octanol–water partition coefficient (Wildman–Crippen LogP) is 0.476. The molecule has 0 atom stereocenters. The van der Waals surface area contributed by atoms with E-state index in [9.17, 15) is 4.79 Å². The van der Waals surface area contributed by atoms with Gasteiger partial charge in [-0.25, -0.2) is 4.98 Å². The number of hydrogen-bond acceptors (Lipinski definition) is 6. The molecule has 3 rings (SSSR count). The van der Waals surface area contributed by atoms with E-state index in [0.717, 1.165) is 5.56 Å². The molecule has 0 aliphatic carbocycles. The number of ether oxygens (including phenoxy) is 1. The third-order valence-corrected chi connectivity index (χ3v) is 2.92. The summed E-state index contributed by atoms with van der Waals surface area (Å²) in [6.45, 7) is 0.0604. The maximum absolute atomic E-state index is 11.6. The molecule has 0 radical (unpaired) electrons. The van der Waals surface area contributed by atoms with Gasteiger partial charge in [-0.2, -0.15) is 5.10 Å². The summed E-state index contributed by atoms with van der Waals surface area (Å²) in [7, 11) is 1.71. The molecular weight excluding hydrogens is 246 g/mol. The lowest BCUT2D eigenvalue weighted by Gasteiger charge is -2.26. The number of aromatic nitrogens is 3. The molecule has 1 aliphatic rings. The second-order valence-corrected chi connectivity index (χ2v) is 4.12. The molecule has 7 nitrogen and oxygen atoms in total. The molecule has 1 amide bonds. The Morgan fingerprint density at radius 2 is 2.26 bits per heavy atom. The van der Waals surface area contributed by atoms with E-state index in [4.69, 9.17) is 10.5 Å². The van der Waals surface area contributed by atoms with Gasteiger partial charge in [0, 0.05) is 12.6 Å². The van der Waals surface area contributed by atoms with Crippen molar-refractivity contribution in [3.05, 3.63) is 24.4 Å². The van der Waals surface area contributed by atoms with Crippen molar-refractivity contribution in [3.8, 4) is 17.0 Å². The van der Waals surface area contributed by atoms with Crippen LogP contribution in [0.4, 0.5) is 11.6 Å². The molecule has 0 saturated carbocycles. The van der Waals surface area contributed by atoms with E-state index in [1.54, 1.807) is 18.0 Å². The summed E-state index contributed by atoms with van der Waals surface area (Å²) in [6.07, 6.45) is 1.52. The number of carbonyl (C=O) groups excluding carboxylic acids is 1. The Balaban J connectivity index is 2.08. The van der Waals surface area contributed by atoms with Crippen LogP contribution >= 0.6 is 0 Å². The molecule has 2 aromatic rings. The highest BCUT2D eigenvalue weighted by molar-refractivity contribution is 5.98. The Kier molecular flexibility index (Phi) is 2.52. The molecule has 1 aliphatic heterocycles. The largest absolute Gasteiger partial charge is 0.482 e. The smallest absolute Gasteiger partial charge is 0.264 e. The Morgan fingerprint density at radius 1 is 1.42 bits per heavy atom. The van der Waals surface area contributed by atoms with E-state index in [1.165, 1.54) is 6.20 Å². The Hall–Kier alpha value is -2.70.